The Kier molecular flexibility index (Phi) is 5.11. The fourth-order valence-electron chi connectivity index (χ4n) is 4.45. The lowest BCUT2D eigenvalue weighted by Gasteiger charge is -2.34. The smallest absolute Gasteiger partial charge is 0.316 e. The molecule has 0 unspecified atom stereocenters. The quantitative estimate of drug-likeness (QED) is 0.616. The van der Waals surface area contributed by atoms with E-state index >= 15 is 0 Å². The Morgan fingerprint density at radius 2 is 1.58 bits per heavy atom. The molecule has 1 N–H and O–H groups in total. The van der Waals surface area contributed by atoms with Gasteiger partial charge in [0.15, 0.2) is 11.5 Å². The molecule has 1 amide bonds. The van der Waals surface area contributed by atoms with Gasteiger partial charge in [0.25, 0.3) is 5.91 Å². The maximum absolute atomic E-state index is 13.2. The van der Waals surface area contributed by atoms with Gasteiger partial charge >= 0.3 is 11.1 Å². The number of piperidine rings is 1. The molecule has 3 heterocycles. The molecule has 0 atom stereocenters. The van der Waals surface area contributed by atoms with E-state index < -0.39 is 11.1 Å². The summed E-state index contributed by atoms with van der Waals surface area (Å²) >= 11 is 0. The van der Waals surface area contributed by atoms with Crippen LogP contribution in [0.4, 0.5) is 11.4 Å². The third-order valence-electron chi connectivity index (χ3n) is 6.62. The zero-order valence-corrected chi connectivity index (χ0v) is 18.9. The van der Waals surface area contributed by atoms with Crippen molar-refractivity contribution in [2.45, 2.75) is 19.8 Å². The van der Waals surface area contributed by atoms with Gasteiger partial charge in [-0.3, -0.25) is 14.4 Å². The van der Waals surface area contributed by atoms with Crippen LogP contribution in [-0.4, -0.2) is 34.9 Å². The summed E-state index contributed by atoms with van der Waals surface area (Å²) in [6.45, 7) is 4.06. The van der Waals surface area contributed by atoms with Crippen LogP contribution in [0, 0.1) is 5.92 Å². The maximum Gasteiger partial charge on any atom is 0.316 e. The first-order valence-electron chi connectivity index (χ1n) is 11.0. The number of rotatable bonds is 3. The van der Waals surface area contributed by atoms with Gasteiger partial charge in [-0.15, -0.1) is 0 Å². The number of aromatic nitrogens is 2. The van der Waals surface area contributed by atoms with Gasteiger partial charge in [-0.25, -0.2) is 0 Å². The largest absolute Gasteiger partial charge is 0.454 e. The van der Waals surface area contributed by atoms with Crippen molar-refractivity contribution in [1.82, 2.24) is 9.13 Å². The van der Waals surface area contributed by atoms with Crippen LogP contribution in [-0.2, 0) is 14.1 Å². The number of hydrogen-bond donors (Lipinski definition) is 1. The van der Waals surface area contributed by atoms with Gasteiger partial charge in [0.2, 0.25) is 6.79 Å². The molecule has 9 heteroatoms. The molecule has 9 nitrogen and oxygen atoms in total. The van der Waals surface area contributed by atoms with Crippen molar-refractivity contribution >= 4 is 28.3 Å². The number of nitrogens with one attached hydrogen (secondary N) is 1. The predicted molar refractivity (Wildman–Crippen MR) is 126 cm³/mol. The number of fused-ring (bicyclic) bond motifs is 2. The molecule has 2 aliphatic heterocycles. The summed E-state index contributed by atoms with van der Waals surface area (Å²) in [5.41, 5.74) is 1.87. The summed E-state index contributed by atoms with van der Waals surface area (Å²) in [4.78, 5) is 40.2. The molecule has 2 aromatic carbocycles. The van der Waals surface area contributed by atoms with E-state index in [1.54, 1.807) is 38.4 Å². The summed E-state index contributed by atoms with van der Waals surface area (Å²) in [5, 5.41) is 3.02. The topological polar surface area (TPSA) is 94.8 Å². The summed E-state index contributed by atoms with van der Waals surface area (Å²) in [7, 11) is 3.16. The Balaban J connectivity index is 1.61. The molecule has 3 aromatic rings. The van der Waals surface area contributed by atoms with Crippen LogP contribution in [0.2, 0.25) is 0 Å². The van der Waals surface area contributed by atoms with Crippen molar-refractivity contribution in [3.63, 3.8) is 0 Å². The molecule has 1 fully saturated rings. The molecule has 0 aliphatic carbocycles. The number of carbonyl (C=O) groups excluding carboxylic acids is 1. The predicted octanol–water partition coefficient (Wildman–Crippen LogP) is 2.45. The average Bonchev–Trinajstić information content (AvgIpc) is 3.29. The number of nitrogens with zero attached hydrogens (tertiary/aromatic N) is 3. The van der Waals surface area contributed by atoms with Gasteiger partial charge in [-0.05, 0) is 49.1 Å². The number of amides is 1. The van der Waals surface area contributed by atoms with E-state index in [4.69, 9.17) is 9.47 Å². The normalized spacial score (nSPS) is 15.8. The third-order valence-corrected chi connectivity index (χ3v) is 6.62. The monoisotopic (exact) mass is 450 g/mol. The number of hydrogen-bond acceptors (Lipinski definition) is 6. The Morgan fingerprint density at radius 1 is 0.939 bits per heavy atom. The van der Waals surface area contributed by atoms with Crippen molar-refractivity contribution in [3.05, 3.63) is 56.6 Å². The molecule has 0 spiro atoms. The fourth-order valence-corrected chi connectivity index (χ4v) is 4.45. The molecule has 33 heavy (non-hydrogen) atoms. The highest BCUT2D eigenvalue weighted by molar-refractivity contribution is 6.07. The standard InChI is InChI=1S/C24H26N4O5/c1-14-6-8-28(9-7-14)17-12-19-18(26(2)23(30)24(31)27(19)3)11-16(17)25-22(29)15-4-5-20-21(10-15)33-13-32-20/h4-5,10-12,14H,6-9,13H2,1-3H3,(H,25,29). The molecule has 172 valence electrons. The van der Waals surface area contributed by atoms with E-state index in [1.807, 2.05) is 6.07 Å². The molecule has 5 rings (SSSR count). The Labute approximate surface area is 190 Å². The molecule has 1 aromatic heterocycles. The van der Waals surface area contributed by atoms with Gasteiger partial charge < -0.3 is 28.8 Å². The van der Waals surface area contributed by atoms with Crippen LogP contribution in [0.25, 0.3) is 11.0 Å². The van der Waals surface area contributed by atoms with E-state index in [0.29, 0.717) is 39.7 Å². The summed E-state index contributed by atoms with van der Waals surface area (Å²) < 4.78 is 13.4. The van der Waals surface area contributed by atoms with Crippen LogP contribution in [0.1, 0.15) is 30.1 Å². The minimum atomic E-state index is -0.613. The van der Waals surface area contributed by atoms with Crippen molar-refractivity contribution < 1.29 is 14.3 Å². The van der Waals surface area contributed by atoms with Crippen molar-refractivity contribution in [2.75, 3.05) is 30.1 Å². The van der Waals surface area contributed by atoms with E-state index in [-0.39, 0.29) is 12.7 Å². The average molecular weight is 450 g/mol. The molecule has 0 radical (unpaired) electrons. The van der Waals surface area contributed by atoms with Crippen LogP contribution in [0.5, 0.6) is 11.5 Å². The van der Waals surface area contributed by atoms with Crippen LogP contribution in [0.3, 0.4) is 0 Å². The summed E-state index contributed by atoms with van der Waals surface area (Å²) in [6.07, 6.45) is 2.08. The zero-order chi connectivity index (χ0) is 23.3. The molecule has 1 saturated heterocycles. The molecule has 0 bridgehead atoms. The first kappa shape index (κ1) is 21.1. The Hall–Kier alpha value is -3.75. The third kappa shape index (κ3) is 3.63. The Bertz CT molecular complexity index is 1380. The van der Waals surface area contributed by atoms with E-state index in [1.165, 1.54) is 9.13 Å². The SMILES string of the molecule is CC1CCN(c2cc3c(cc2NC(=O)c2ccc4c(c2)OCO4)n(C)c(=O)c(=O)n3C)CC1. The molecule has 2 aliphatic rings. The van der Waals surface area contributed by atoms with Gasteiger partial charge in [-0.2, -0.15) is 0 Å². The fraction of sp³-hybridized carbons (Fsp3) is 0.375. The second-order valence-electron chi connectivity index (χ2n) is 8.78. The first-order chi connectivity index (χ1) is 15.8. The highest BCUT2D eigenvalue weighted by Crippen LogP contribution is 2.35. The second kappa shape index (κ2) is 7.99. The molecular formula is C24H26N4O5. The van der Waals surface area contributed by atoms with Crippen LogP contribution >= 0.6 is 0 Å². The van der Waals surface area contributed by atoms with E-state index in [2.05, 4.69) is 17.1 Å². The lowest BCUT2D eigenvalue weighted by Crippen LogP contribution is -2.39. The summed E-state index contributed by atoms with van der Waals surface area (Å²) in [5.74, 6) is 1.48. The lowest BCUT2D eigenvalue weighted by molar-refractivity contribution is 0.102. The number of benzene rings is 2. The van der Waals surface area contributed by atoms with Gasteiger partial charge in [-0.1, -0.05) is 6.92 Å². The number of anilines is 2. The van der Waals surface area contributed by atoms with Crippen molar-refractivity contribution in [3.8, 4) is 11.5 Å². The van der Waals surface area contributed by atoms with Crippen LogP contribution in [0.15, 0.2) is 39.9 Å². The number of aryl methyl sites for hydroxylation is 2. The van der Waals surface area contributed by atoms with E-state index in [9.17, 15) is 14.4 Å². The zero-order valence-electron chi connectivity index (χ0n) is 18.9. The number of ether oxygens (including phenoxy) is 2. The minimum absolute atomic E-state index is 0.134. The lowest BCUT2D eigenvalue weighted by atomic mass is 9.98. The second-order valence-corrected chi connectivity index (χ2v) is 8.78. The highest BCUT2D eigenvalue weighted by atomic mass is 16.7. The van der Waals surface area contributed by atoms with Crippen molar-refractivity contribution in [1.29, 1.82) is 0 Å². The first-order valence-corrected chi connectivity index (χ1v) is 11.0. The number of carbonyl (C=O) groups is 1. The Morgan fingerprint density at radius 3 is 2.27 bits per heavy atom. The minimum Gasteiger partial charge on any atom is -0.454 e. The molecular weight excluding hydrogens is 424 g/mol. The van der Waals surface area contributed by atoms with Crippen LogP contribution < -0.4 is 30.8 Å². The van der Waals surface area contributed by atoms with Crippen molar-refractivity contribution in [2.24, 2.45) is 20.0 Å². The maximum atomic E-state index is 13.2. The van der Waals surface area contributed by atoms with Gasteiger partial charge in [0.05, 0.1) is 22.4 Å². The molecule has 0 saturated carbocycles. The van der Waals surface area contributed by atoms with Gasteiger partial charge in [0, 0.05) is 32.7 Å². The van der Waals surface area contributed by atoms with Gasteiger partial charge in [0.1, 0.15) is 0 Å². The summed E-state index contributed by atoms with van der Waals surface area (Å²) in [6, 6.07) is 8.71. The highest BCUT2D eigenvalue weighted by Gasteiger charge is 2.23. The van der Waals surface area contributed by atoms with E-state index in [0.717, 1.165) is 31.6 Å².